The molecule has 2 aromatic heterocycles. The van der Waals surface area contributed by atoms with Gasteiger partial charge in [0.1, 0.15) is 11.9 Å². The van der Waals surface area contributed by atoms with Crippen LogP contribution in [0.2, 0.25) is 5.02 Å². The summed E-state index contributed by atoms with van der Waals surface area (Å²) >= 11 is 5.75. The van der Waals surface area contributed by atoms with Crippen molar-refractivity contribution in [3.05, 3.63) is 47.2 Å². The lowest BCUT2D eigenvalue weighted by molar-refractivity contribution is -0.147. The minimum absolute atomic E-state index is 0.0794. The number of rotatable bonds is 8. The first-order valence-corrected chi connectivity index (χ1v) is 11.4. The van der Waals surface area contributed by atoms with E-state index >= 15 is 0 Å². The van der Waals surface area contributed by atoms with E-state index in [1.54, 1.807) is 6.07 Å². The van der Waals surface area contributed by atoms with Crippen LogP contribution in [-0.4, -0.2) is 47.4 Å². The lowest BCUT2D eigenvalue weighted by Gasteiger charge is -2.27. The Bertz CT molecular complexity index is 1250. The van der Waals surface area contributed by atoms with Gasteiger partial charge in [0.05, 0.1) is 37.0 Å². The highest BCUT2D eigenvalue weighted by Gasteiger charge is 2.28. The van der Waals surface area contributed by atoms with Crippen LogP contribution >= 0.6 is 11.6 Å². The molecule has 11 nitrogen and oxygen atoms in total. The molecule has 2 heterocycles. The van der Waals surface area contributed by atoms with Gasteiger partial charge in [0, 0.05) is 11.8 Å². The van der Waals surface area contributed by atoms with Crippen LogP contribution in [0.1, 0.15) is 36.4 Å². The summed E-state index contributed by atoms with van der Waals surface area (Å²) in [6.45, 7) is 0. The molecule has 0 spiro atoms. The van der Waals surface area contributed by atoms with Crippen molar-refractivity contribution in [2.24, 2.45) is 5.92 Å². The van der Waals surface area contributed by atoms with Gasteiger partial charge < -0.3 is 29.3 Å². The Morgan fingerprint density at radius 2 is 1.89 bits per heavy atom. The number of esters is 1. The molecule has 2 N–H and O–H groups in total. The second-order valence-electron chi connectivity index (χ2n) is 7.97. The highest BCUT2D eigenvalue weighted by molar-refractivity contribution is 6.31. The fourth-order valence-electron chi connectivity index (χ4n) is 3.72. The minimum atomic E-state index is -0.675. The third kappa shape index (κ3) is 6.00. The molecule has 0 radical (unpaired) electrons. The number of hydrogen-bond donors (Lipinski definition) is 2. The van der Waals surface area contributed by atoms with E-state index in [4.69, 9.17) is 30.2 Å². The zero-order chi connectivity index (χ0) is 25.7. The van der Waals surface area contributed by atoms with Crippen molar-refractivity contribution in [1.82, 2.24) is 15.2 Å². The van der Waals surface area contributed by atoms with Crippen molar-refractivity contribution in [2.45, 2.75) is 31.8 Å². The second-order valence-corrected chi connectivity index (χ2v) is 8.37. The van der Waals surface area contributed by atoms with Crippen LogP contribution in [0.4, 0.5) is 21.8 Å². The Morgan fingerprint density at radius 3 is 2.58 bits per heavy atom. The molecule has 190 valence electrons. The number of ether oxygens (including phenoxy) is 3. The number of amides is 1. The van der Waals surface area contributed by atoms with E-state index in [0.717, 1.165) is 0 Å². The molecular weight excluding hydrogens is 497 g/mol. The first-order valence-electron chi connectivity index (χ1n) is 11.0. The predicted octanol–water partition coefficient (Wildman–Crippen LogP) is 4.37. The minimum Gasteiger partial charge on any atom is -0.491 e. The molecule has 0 aliphatic heterocycles. The summed E-state index contributed by atoms with van der Waals surface area (Å²) in [5.41, 5.74) is 0.719. The summed E-state index contributed by atoms with van der Waals surface area (Å²) in [5, 5.41) is 12.7. The molecule has 1 aliphatic carbocycles. The highest BCUT2D eigenvalue weighted by atomic mass is 35.5. The SMILES string of the molecule is COC(=O)C1CCC(Oc2ncc(NC(=O)c3nnc(Nc4ccc(F)c(Cl)c4)o3)cc2OC)CC1. The van der Waals surface area contributed by atoms with Gasteiger partial charge in [-0.25, -0.2) is 9.37 Å². The fourth-order valence-corrected chi connectivity index (χ4v) is 3.90. The first-order chi connectivity index (χ1) is 17.4. The Hall–Kier alpha value is -3.93. The highest BCUT2D eigenvalue weighted by Crippen LogP contribution is 2.33. The van der Waals surface area contributed by atoms with Crippen LogP contribution in [0.3, 0.4) is 0 Å². The molecule has 3 aromatic rings. The Kier molecular flexibility index (Phi) is 7.84. The number of aromatic nitrogens is 3. The van der Waals surface area contributed by atoms with E-state index in [-0.39, 0.29) is 40.8 Å². The summed E-state index contributed by atoms with van der Waals surface area (Å²) in [6, 6.07) is 5.42. The van der Waals surface area contributed by atoms with Gasteiger partial charge in [0.2, 0.25) is 0 Å². The molecule has 0 atom stereocenters. The third-order valence-corrected chi connectivity index (χ3v) is 5.86. The molecular formula is C23H23ClFN5O6. The molecule has 0 bridgehead atoms. The van der Waals surface area contributed by atoms with Crippen molar-refractivity contribution in [2.75, 3.05) is 24.9 Å². The maximum Gasteiger partial charge on any atom is 0.320 e. The van der Waals surface area contributed by atoms with Gasteiger partial charge in [0.15, 0.2) is 5.75 Å². The van der Waals surface area contributed by atoms with Gasteiger partial charge >= 0.3 is 23.8 Å². The quantitative estimate of drug-likeness (QED) is 0.412. The number of carbonyl (C=O) groups is 2. The van der Waals surface area contributed by atoms with Crippen LogP contribution in [0.15, 0.2) is 34.9 Å². The van der Waals surface area contributed by atoms with E-state index in [2.05, 4.69) is 25.8 Å². The fraction of sp³-hybridized carbons (Fsp3) is 0.348. The smallest absolute Gasteiger partial charge is 0.320 e. The van der Waals surface area contributed by atoms with Crippen LogP contribution in [0.25, 0.3) is 0 Å². The van der Waals surface area contributed by atoms with Crippen LogP contribution < -0.4 is 20.1 Å². The van der Waals surface area contributed by atoms with E-state index in [1.807, 2.05) is 0 Å². The number of carbonyl (C=O) groups excluding carboxylic acids is 2. The monoisotopic (exact) mass is 519 g/mol. The summed E-state index contributed by atoms with van der Waals surface area (Å²) in [4.78, 5) is 28.5. The average molecular weight is 520 g/mol. The summed E-state index contributed by atoms with van der Waals surface area (Å²) in [6.07, 6.45) is 3.99. The number of hydrogen-bond acceptors (Lipinski definition) is 10. The van der Waals surface area contributed by atoms with E-state index in [1.165, 1.54) is 38.6 Å². The molecule has 0 saturated heterocycles. The number of halogens is 2. The van der Waals surface area contributed by atoms with Crippen LogP contribution in [0, 0.1) is 11.7 Å². The Labute approximate surface area is 210 Å². The van der Waals surface area contributed by atoms with E-state index in [9.17, 15) is 14.0 Å². The predicted molar refractivity (Wildman–Crippen MR) is 126 cm³/mol. The molecule has 1 fully saturated rings. The van der Waals surface area contributed by atoms with Crippen molar-refractivity contribution in [1.29, 1.82) is 0 Å². The van der Waals surface area contributed by atoms with Gasteiger partial charge in [-0.15, -0.1) is 5.10 Å². The van der Waals surface area contributed by atoms with Gasteiger partial charge in [-0.1, -0.05) is 16.7 Å². The number of nitrogens with zero attached hydrogens (tertiary/aromatic N) is 3. The second kappa shape index (κ2) is 11.2. The Morgan fingerprint density at radius 1 is 1.11 bits per heavy atom. The van der Waals surface area contributed by atoms with E-state index in [0.29, 0.717) is 42.8 Å². The molecule has 36 heavy (non-hydrogen) atoms. The third-order valence-electron chi connectivity index (χ3n) is 5.57. The lowest BCUT2D eigenvalue weighted by Crippen LogP contribution is -2.28. The van der Waals surface area contributed by atoms with Crippen molar-refractivity contribution in [3.8, 4) is 11.6 Å². The van der Waals surface area contributed by atoms with Crippen LogP contribution in [-0.2, 0) is 9.53 Å². The molecule has 4 rings (SSSR count). The van der Waals surface area contributed by atoms with Crippen molar-refractivity contribution >= 4 is 40.9 Å². The zero-order valence-electron chi connectivity index (χ0n) is 19.4. The van der Waals surface area contributed by atoms with Gasteiger partial charge in [-0.2, -0.15) is 0 Å². The average Bonchev–Trinajstić information content (AvgIpc) is 3.35. The van der Waals surface area contributed by atoms with Crippen molar-refractivity contribution < 1.29 is 32.6 Å². The summed E-state index contributed by atoms with van der Waals surface area (Å²) < 4.78 is 34.8. The van der Waals surface area contributed by atoms with Crippen LogP contribution in [0.5, 0.6) is 11.6 Å². The largest absolute Gasteiger partial charge is 0.491 e. The summed E-state index contributed by atoms with van der Waals surface area (Å²) in [7, 11) is 2.85. The maximum absolute atomic E-state index is 13.3. The topological polar surface area (TPSA) is 138 Å². The Balaban J connectivity index is 1.36. The number of anilines is 3. The molecule has 0 unspecified atom stereocenters. The standard InChI is InChI=1S/C23H23ClFN5O6/c1-33-18-10-14(11-26-20(18)35-15-6-3-12(4-7-15)22(32)34-2)27-19(31)21-29-30-23(36-21)28-13-5-8-17(25)16(24)9-13/h5,8-12,15H,3-4,6-7H2,1-2H3,(H,27,31)(H,28,30). The maximum atomic E-state index is 13.3. The normalized spacial score (nSPS) is 17.2. The number of benzene rings is 1. The summed E-state index contributed by atoms with van der Waals surface area (Å²) in [5.74, 6) is -1.27. The number of pyridine rings is 1. The van der Waals surface area contributed by atoms with E-state index < -0.39 is 11.7 Å². The lowest BCUT2D eigenvalue weighted by atomic mass is 9.87. The van der Waals surface area contributed by atoms with Gasteiger partial charge in [0.25, 0.3) is 5.88 Å². The van der Waals surface area contributed by atoms with Gasteiger partial charge in [-0.3, -0.25) is 9.59 Å². The van der Waals surface area contributed by atoms with Gasteiger partial charge in [-0.05, 0) is 43.9 Å². The molecule has 1 amide bonds. The van der Waals surface area contributed by atoms with Crippen molar-refractivity contribution in [3.63, 3.8) is 0 Å². The number of methoxy groups -OCH3 is 2. The molecule has 1 aliphatic rings. The molecule has 13 heteroatoms. The first kappa shape index (κ1) is 25.2. The molecule has 1 aromatic carbocycles. The molecule has 1 saturated carbocycles. The number of nitrogens with one attached hydrogen (secondary N) is 2. The zero-order valence-corrected chi connectivity index (χ0v) is 20.2.